The molecule has 0 aromatic carbocycles. The number of hydrogen-bond donors (Lipinski definition) is 4. The number of carbonyl (C=O) groups excluding carboxylic acids is 2. The number of amides is 1. The zero-order valence-electron chi connectivity index (χ0n) is 23.1. The van der Waals surface area contributed by atoms with E-state index in [1.807, 2.05) is 0 Å². The Labute approximate surface area is 225 Å². The molecule has 1 aromatic heterocycles. The Morgan fingerprint density at radius 3 is 2.61 bits per heavy atom. The summed E-state index contributed by atoms with van der Waals surface area (Å²) in [5, 5.41) is 22.5. The van der Waals surface area contributed by atoms with Crippen LogP contribution in [0.2, 0.25) is 0 Å². The Hall–Kier alpha value is -2.22. The first kappa shape index (κ1) is 27.4. The molecule has 4 saturated carbocycles. The summed E-state index contributed by atoms with van der Waals surface area (Å²) < 4.78 is 0. The Morgan fingerprint density at radius 2 is 1.89 bits per heavy atom. The number of ketones is 1. The average molecular weight is 528 g/mol. The van der Waals surface area contributed by atoms with E-state index in [1.165, 1.54) is 6.33 Å². The Balaban J connectivity index is 1.21. The second-order valence-electron chi connectivity index (χ2n) is 13.5. The van der Waals surface area contributed by atoms with Gasteiger partial charge in [0.1, 0.15) is 11.8 Å². The van der Waals surface area contributed by atoms with Gasteiger partial charge in [0.05, 0.1) is 12.4 Å². The van der Waals surface area contributed by atoms with Gasteiger partial charge in [0.25, 0.3) is 0 Å². The fourth-order valence-corrected chi connectivity index (χ4v) is 9.53. The van der Waals surface area contributed by atoms with E-state index in [0.29, 0.717) is 53.9 Å². The zero-order chi connectivity index (χ0) is 27.2. The molecule has 0 radical (unpaired) electrons. The number of hydrogen-bond acceptors (Lipinski definition) is 5. The minimum absolute atomic E-state index is 0.105. The molecule has 0 saturated heterocycles. The van der Waals surface area contributed by atoms with E-state index in [4.69, 9.17) is 0 Å². The van der Waals surface area contributed by atoms with Gasteiger partial charge in [-0.15, -0.1) is 0 Å². The lowest BCUT2D eigenvalue weighted by Crippen LogP contribution is -2.57. The molecule has 10 atom stereocenters. The number of aliphatic hydroxyl groups is 1. The monoisotopic (exact) mass is 527 g/mol. The van der Waals surface area contributed by atoms with Gasteiger partial charge in [0, 0.05) is 37.1 Å². The summed E-state index contributed by atoms with van der Waals surface area (Å²) >= 11 is 0. The molecule has 5 rings (SSSR count). The van der Waals surface area contributed by atoms with Crippen molar-refractivity contribution in [2.24, 2.45) is 46.3 Å². The molecule has 4 aliphatic rings. The highest BCUT2D eigenvalue weighted by Gasteiger charge is 2.63. The predicted octanol–water partition coefficient (Wildman–Crippen LogP) is 4.14. The molecule has 38 heavy (non-hydrogen) atoms. The number of Topliss-reactive ketones (excluding diaryl/α,β-unsaturated/α-hetero) is 1. The summed E-state index contributed by atoms with van der Waals surface area (Å²) in [6.07, 6.45) is 11.7. The van der Waals surface area contributed by atoms with Crippen molar-refractivity contribution in [2.45, 2.75) is 104 Å². The first-order chi connectivity index (χ1) is 18.0. The number of rotatable bonds is 8. The minimum Gasteiger partial charge on any atom is -0.480 e. The van der Waals surface area contributed by atoms with Gasteiger partial charge < -0.3 is 20.5 Å². The molecule has 1 amide bonds. The fourth-order valence-electron chi connectivity index (χ4n) is 9.53. The van der Waals surface area contributed by atoms with Crippen LogP contribution in [0, 0.1) is 46.3 Å². The lowest BCUT2D eigenvalue weighted by atomic mass is 9.44. The molecule has 0 aliphatic heterocycles. The summed E-state index contributed by atoms with van der Waals surface area (Å²) in [6.45, 7) is 7.04. The van der Waals surface area contributed by atoms with Crippen molar-refractivity contribution in [3.05, 3.63) is 18.2 Å². The summed E-state index contributed by atoms with van der Waals surface area (Å²) in [4.78, 5) is 44.8. The number of nitrogens with zero attached hydrogens (tertiary/aromatic N) is 1. The van der Waals surface area contributed by atoms with Crippen LogP contribution >= 0.6 is 0 Å². The molecular weight excluding hydrogens is 482 g/mol. The van der Waals surface area contributed by atoms with Gasteiger partial charge in [-0.2, -0.15) is 0 Å². The summed E-state index contributed by atoms with van der Waals surface area (Å²) in [6, 6.07) is -0.981. The van der Waals surface area contributed by atoms with Crippen molar-refractivity contribution in [1.29, 1.82) is 0 Å². The number of nitrogens with one attached hydrogen (secondary N) is 2. The van der Waals surface area contributed by atoms with Gasteiger partial charge in [-0.1, -0.05) is 20.8 Å². The van der Waals surface area contributed by atoms with Crippen molar-refractivity contribution in [1.82, 2.24) is 15.3 Å². The van der Waals surface area contributed by atoms with Crippen LogP contribution in [-0.4, -0.2) is 50.0 Å². The SMILES string of the molecule is CC(CCC(=O)N[C@@H](Cc1cnc[nH]1)C(=O)O)C1CCC2C3C(=O)C[C@@H]4C[C@H](O)CCC4(C)C3CCC12C. The van der Waals surface area contributed by atoms with Crippen LogP contribution in [0.3, 0.4) is 0 Å². The van der Waals surface area contributed by atoms with E-state index in [0.717, 1.165) is 51.4 Å². The van der Waals surface area contributed by atoms with Crippen molar-refractivity contribution in [3.8, 4) is 0 Å². The number of aliphatic carboxylic acids is 1. The molecule has 0 spiro atoms. The number of fused-ring (bicyclic) bond motifs is 5. The van der Waals surface area contributed by atoms with Crippen molar-refractivity contribution < 1.29 is 24.6 Å². The molecule has 4 N–H and O–H groups in total. The standard InChI is InChI=1S/C30H45N3O5/c1-17(4-7-26(36)33-24(28(37)38)14-19-15-31-16-32-19)21-5-6-22-27-23(9-11-30(21,22)3)29(2)10-8-20(34)12-18(29)13-25(27)35/h15-18,20-24,27,34H,4-14H2,1-3H3,(H,31,32)(H,33,36)(H,37,38)/t17?,18-,20+,21?,22?,23?,24-,27?,29?,30?/m0/s1. The lowest BCUT2D eigenvalue weighted by molar-refractivity contribution is -0.160. The predicted molar refractivity (Wildman–Crippen MR) is 142 cm³/mol. The maximum Gasteiger partial charge on any atom is 0.326 e. The first-order valence-corrected chi connectivity index (χ1v) is 14.7. The van der Waals surface area contributed by atoms with Gasteiger partial charge in [-0.25, -0.2) is 9.78 Å². The molecule has 7 unspecified atom stereocenters. The van der Waals surface area contributed by atoms with Gasteiger partial charge >= 0.3 is 5.97 Å². The van der Waals surface area contributed by atoms with E-state index < -0.39 is 12.0 Å². The number of imidazole rings is 1. The number of carboxylic acids is 1. The van der Waals surface area contributed by atoms with Crippen LogP contribution in [0.25, 0.3) is 0 Å². The third-order valence-corrected chi connectivity index (χ3v) is 11.6. The van der Waals surface area contributed by atoms with Crippen LogP contribution in [0.5, 0.6) is 0 Å². The van der Waals surface area contributed by atoms with Gasteiger partial charge in [0.15, 0.2) is 0 Å². The molecule has 0 bridgehead atoms. The van der Waals surface area contributed by atoms with Crippen LogP contribution in [0.4, 0.5) is 0 Å². The second-order valence-corrected chi connectivity index (χ2v) is 13.5. The fraction of sp³-hybridized carbons (Fsp3) is 0.800. The van der Waals surface area contributed by atoms with Crippen LogP contribution in [-0.2, 0) is 20.8 Å². The number of H-pyrrole nitrogens is 1. The van der Waals surface area contributed by atoms with E-state index in [-0.39, 0.29) is 35.2 Å². The zero-order valence-corrected chi connectivity index (χ0v) is 23.1. The second kappa shape index (κ2) is 10.4. The summed E-state index contributed by atoms with van der Waals surface area (Å²) in [5.74, 6) is 1.26. The van der Waals surface area contributed by atoms with Crippen molar-refractivity contribution >= 4 is 17.7 Å². The molecule has 1 aromatic rings. The molecule has 4 fully saturated rings. The first-order valence-electron chi connectivity index (χ1n) is 14.7. The maximum atomic E-state index is 13.6. The smallest absolute Gasteiger partial charge is 0.326 e. The molecule has 1 heterocycles. The number of aliphatic hydroxyl groups excluding tert-OH is 1. The largest absolute Gasteiger partial charge is 0.480 e. The average Bonchev–Trinajstić information content (AvgIpc) is 3.50. The topological polar surface area (TPSA) is 132 Å². The highest BCUT2D eigenvalue weighted by molar-refractivity contribution is 5.84. The van der Waals surface area contributed by atoms with Crippen LogP contribution < -0.4 is 5.32 Å². The number of aromatic amines is 1. The highest BCUT2D eigenvalue weighted by atomic mass is 16.4. The third kappa shape index (κ3) is 4.82. The highest BCUT2D eigenvalue weighted by Crippen LogP contribution is 2.67. The van der Waals surface area contributed by atoms with E-state index in [2.05, 4.69) is 36.1 Å². The third-order valence-electron chi connectivity index (χ3n) is 11.6. The molecule has 210 valence electrons. The number of carboxylic acid groups (broad SMARTS) is 1. The molecular formula is C30H45N3O5. The normalized spacial score (nSPS) is 39.9. The van der Waals surface area contributed by atoms with Crippen LogP contribution in [0.1, 0.15) is 90.7 Å². The number of carbonyl (C=O) groups is 3. The van der Waals surface area contributed by atoms with Gasteiger partial charge in [0.2, 0.25) is 5.91 Å². The Kier molecular flexibility index (Phi) is 7.48. The Bertz CT molecular complexity index is 1040. The molecule has 4 aliphatic carbocycles. The number of aromatic nitrogens is 2. The quantitative estimate of drug-likeness (QED) is 0.402. The van der Waals surface area contributed by atoms with Gasteiger partial charge in [-0.3, -0.25) is 9.59 Å². The lowest BCUT2D eigenvalue weighted by Gasteiger charge is -2.60. The summed E-state index contributed by atoms with van der Waals surface area (Å²) in [7, 11) is 0. The molecule has 8 heteroatoms. The van der Waals surface area contributed by atoms with Crippen molar-refractivity contribution in [2.75, 3.05) is 0 Å². The minimum atomic E-state index is -1.05. The van der Waals surface area contributed by atoms with Crippen LogP contribution in [0.15, 0.2) is 12.5 Å². The molecule has 8 nitrogen and oxygen atoms in total. The van der Waals surface area contributed by atoms with E-state index in [1.54, 1.807) is 6.20 Å². The van der Waals surface area contributed by atoms with E-state index in [9.17, 15) is 24.6 Å². The van der Waals surface area contributed by atoms with E-state index >= 15 is 0 Å². The van der Waals surface area contributed by atoms with Crippen molar-refractivity contribution in [3.63, 3.8) is 0 Å². The summed E-state index contributed by atoms with van der Waals surface area (Å²) in [5.41, 5.74) is 0.944. The Morgan fingerprint density at radius 1 is 1.16 bits per heavy atom. The maximum absolute atomic E-state index is 13.6. The van der Waals surface area contributed by atoms with Gasteiger partial charge in [-0.05, 0) is 91.8 Å².